The maximum atomic E-state index is 12.2. The molecule has 2 rings (SSSR count). The Morgan fingerprint density at radius 3 is 2.21 bits per heavy atom. The van der Waals surface area contributed by atoms with Gasteiger partial charge in [-0.25, -0.2) is 0 Å². The molecule has 0 heterocycles. The minimum absolute atomic E-state index is 0.0357. The molecule has 0 unspecified atom stereocenters. The maximum Gasteiger partial charge on any atom is 0.251 e. The fourth-order valence-corrected chi connectivity index (χ4v) is 1.96. The van der Waals surface area contributed by atoms with Crippen LogP contribution in [0.25, 0.3) is 0 Å². The predicted molar refractivity (Wildman–Crippen MR) is 77.9 cm³/mol. The molecule has 2 aromatic carbocycles. The average Bonchev–Trinajstić information content (AvgIpc) is 2.48. The molecule has 19 heavy (non-hydrogen) atoms. The molecule has 0 spiro atoms. The van der Waals surface area contributed by atoms with Gasteiger partial charge in [0.2, 0.25) is 0 Å². The van der Waals surface area contributed by atoms with Gasteiger partial charge in [-0.2, -0.15) is 0 Å². The number of hydrogen-bond donors (Lipinski definition) is 1. The SMILES string of the molecule is C=CC[C@H](NC(=O)c1ccccc1)c1ccccc1. The standard InChI is InChI=1S/C17H17NO/c1-2-9-16(14-10-5-3-6-11-14)18-17(19)15-12-7-4-8-13-15/h2-8,10-13,16H,1,9H2,(H,18,19)/t16-/m0/s1. The van der Waals surface area contributed by atoms with Crippen LogP contribution in [0.3, 0.4) is 0 Å². The van der Waals surface area contributed by atoms with Crippen molar-refractivity contribution in [1.29, 1.82) is 0 Å². The van der Waals surface area contributed by atoms with E-state index in [1.165, 1.54) is 0 Å². The molecule has 0 aliphatic heterocycles. The highest BCUT2D eigenvalue weighted by Gasteiger charge is 2.13. The normalized spacial score (nSPS) is 11.6. The second kappa shape index (κ2) is 6.55. The number of benzene rings is 2. The van der Waals surface area contributed by atoms with Crippen LogP contribution < -0.4 is 5.32 Å². The lowest BCUT2D eigenvalue weighted by molar-refractivity contribution is 0.0937. The van der Waals surface area contributed by atoms with Crippen molar-refractivity contribution in [2.75, 3.05) is 0 Å². The van der Waals surface area contributed by atoms with Crippen molar-refractivity contribution in [3.8, 4) is 0 Å². The molecule has 2 aromatic rings. The molecule has 0 saturated carbocycles. The zero-order chi connectivity index (χ0) is 13.5. The summed E-state index contributed by atoms with van der Waals surface area (Å²) in [6, 6.07) is 19.1. The van der Waals surface area contributed by atoms with Gasteiger partial charge in [-0.15, -0.1) is 6.58 Å². The Hall–Kier alpha value is -2.35. The number of hydrogen-bond acceptors (Lipinski definition) is 1. The van der Waals surface area contributed by atoms with Gasteiger partial charge in [0.25, 0.3) is 5.91 Å². The first-order chi connectivity index (χ1) is 9.31. The van der Waals surface area contributed by atoms with E-state index in [1.54, 1.807) is 0 Å². The molecule has 0 radical (unpaired) electrons. The molecule has 0 fully saturated rings. The monoisotopic (exact) mass is 251 g/mol. The Labute approximate surface area is 113 Å². The average molecular weight is 251 g/mol. The smallest absolute Gasteiger partial charge is 0.251 e. The van der Waals surface area contributed by atoms with Crippen LogP contribution in [0.5, 0.6) is 0 Å². The topological polar surface area (TPSA) is 29.1 Å². The van der Waals surface area contributed by atoms with E-state index < -0.39 is 0 Å². The second-order valence-electron chi connectivity index (χ2n) is 4.33. The van der Waals surface area contributed by atoms with E-state index in [-0.39, 0.29) is 11.9 Å². The summed E-state index contributed by atoms with van der Waals surface area (Å²) in [6.07, 6.45) is 2.53. The summed E-state index contributed by atoms with van der Waals surface area (Å²) < 4.78 is 0. The first-order valence-electron chi connectivity index (χ1n) is 6.33. The second-order valence-corrected chi connectivity index (χ2v) is 4.33. The summed E-state index contributed by atoms with van der Waals surface area (Å²) >= 11 is 0. The van der Waals surface area contributed by atoms with E-state index >= 15 is 0 Å². The van der Waals surface area contributed by atoms with E-state index in [9.17, 15) is 4.79 Å². The lowest BCUT2D eigenvalue weighted by Gasteiger charge is -2.17. The highest BCUT2D eigenvalue weighted by Crippen LogP contribution is 2.17. The number of nitrogens with one attached hydrogen (secondary N) is 1. The maximum absolute atomic E-state index is 12.2. The molecule has 1 atom stereocenters. The fraction of sp³-hybridized carbons (Fsp3) is 0.118. The quantitative estimate of drug-likeness (QED) is 0.806. The molecule has 1 amide bonds. The van der Waals surface area contributed by atoms with E-state index in [2.05, 4.69) is 11.9 Å². The van der Waals surface area contributed by atoms with E-state index in [4.69, 9.17) is 0 Å². The van der Waals surface area contributed by atoms with E-state index in [0.717, 1.165) is 5.56 Å². The van der Waals surface area contributed by atoms with Gasteiger partial charge in [-0.05, 0) is 24.1 Å². The number of amides is 1. The summed E-state index contributed by atoms with van der Waals surface area (Å²) in [5.41, 5.74) is 1.76. The van der Waals surface area contributed by atoms with Crippen LogP contribution in [0.1, 0.15) is 28.4 Å². The Kier molecular flexibility index (Phi) is 4.51. The summed E-state index contributed by atoms with van der Waals surface area (Å²) in [4.78, 5) is 12.2. The van der Waals surface area contributed by atoms with Crippen LogP contribution in [0.2, 0.25) is 0 Å². The van der Waals surface area contributed by atoms with Crippen LogP contribution >= 0.6 is 0 Å². The number of rotatable bonds is 5. The molecule has 1 N–H and O–H groups in total. The molecule has 0 aliphatic carbocycles. The summed E-state index contributed by atoms with van der Waals surface area (Å²) in [7, 11) is 0. The Bertz CT molecular complexity index is 534. The van der Waals surface area contributed by atoms with Crippen molar-refractivity contribution < 1.29 is 4.79 Å². The van der Waals surface area contributed by atoms with Gasteiger partial charge in [0.1, 0.15) is 0 Å². The van der Waals surface area contributed by atoms with E-state index in [0.29, 0.717) is 12.0 Å². The van der Waals surface area contributed by atoms with Crippen molar-refractivity contribution in [3.05, 3.63) is 84.4 Å². The van der Waals surface area contributed by atoms with Crippen molar-refractivity contribution in [1.82, 2.24) is 5.32 Å². The summed E-state index contributed by atoms with van der Waals surface area (Å²) in [6.45, 7) is 3.75. The van der Waals surface area contributed by atoms with E-state index in [1.807, 2.05) is 66.7 Å². The lowest BCUT2D eigenvalue weighted by atomic mass is 10.0. The largest absolute Gasteiger partial charge is 0.345 e. The fourth-order valence-electron chi connectivity index (χ4n) is 1.96. The molecule has 96 valence electrons. The van der Waals surface area contributed by atoms with Gasteiger partial charge in [0.05, 0.1) is 6.04 Å². The van der Waals surface area contributed by atoms with Crippen molar-refractivity contribution >= 4 is 5.91 Å². The Morgan fingerprint density at radius 1 is 1.05 bits per heavy atom. The Morgan fingerprint density at radius 2 is 1.63 bits per heavy atom. The summed E-state index contributed by atoms with van der Waals surface area (Å²) in [5, 5.41) is 3.04. The third kappa shape index (κ3) is 3.55. The minimum atomic E-state index is -0.0590. The van der Waals surface area contributed by atoms with Crippen LogP contribution in [0.4, 0.5) is 0 Å². The predicted octanol–water partition coefficient (Wildman–Crippen LogP) is 3.73. The highest BCUT2D eigenvalue weighted by atomic mass is 16.1. The van der Waals surface area contributed by atoms with Gasteiger partial charge >= 0.3 is 0 Å². The Balaban J connectivity index is 2.14. The molecular formula is C17H17NO. The van der Waals surface area contributed by atoms with Crippen LogP contribution in [0, 0.1) is 0 Å². The molecular weight excluding hydrogens is 234 g/mol. The molecule has 0 aromatic heterocycles. The third-order valence-corrected chi connectivity index (χ3v) is 2.95. The minimum Gasteiger partial charge on any atom is -0.345 e. The van der Waals surface area contributed by atoms with Gasteiger partial charge < -0.3 is 5.32 Å². The first kappa shape index (κ1) is 13.1. The van der Waals surface area contributed by atoms with Gasteiger partial charge in [-0.3, -0.25) is 4.79 Å². The number of carbonyl (C=O) groups is 1. The number of carbonyl (C=O) groups excluding carboxylic acids is 1. The molecule has 0 saturated heterocycles. The molecule has 2 heteroatoms. The molecule has 2 nitrogen and oxygen atoms in total. The lowest BCUT2D eigenvalue weighted by Crippen LogP contribution is -2.28. The first-order valence-corrected chi connectivity index (χ1v) is 6.33. The van der Waals surface area contributed by atoms with Crippen LogP contribution in [-0.2, 0) is 0 Å². The highest BCUT2D eigenvalue weighted by molar-refractivity contribution is 5.94. The van der Waals surface area contributed by atoms with Crippen LogP contribution in [0.15, 0.2) is 73.3 Å². The van der Waals surface area contributed by atoms with Gasteiger partial charge in [0.15, 0.2) is 0 Å². The van der Waals surface area contributed by atoms with Gasteiger partial charge in [0, 0.05) is 5.56 Å². The van der Waals surface area contributed by atoms with Crippen molar-refractivity contribution in [2.45, 2.75) is 12.5 Å². The molecule has 0 aliphatic rings. The zero-order valence-electron chi connectivity index (χ0n) is 10.8. The third-order valence-electron chi connectivity index (χ3n) is 2.95. The zero-order valence-corrected chi connectivity index (χ0v) is 10.8. The van der Waals surface area contributed by atoms with Crippen molar-refractivity contribution in [3.63, 3.8) is 0 Å². The van der Waals surface area contributed by atoms with Crippen LogP contribution in [-0.4, -0.2) is 5.91 Å². The van der Waals surface area contributed by atoms with Gasteiger partial charge in [-0.1, -0.05) is 54.6 Å². The van der Waals surface area contributed by atoms with Crippen molar-refractivity contribution in [2.24, 2.45) is 0 Å². The molecule has 0 bridgehead atoms. The summed E-state index contributed by atoms with van der Waals surface area (Å²) in [5.74, 6) is -0.0590.